The number of carbonyl (C=O) groups is 1. The van der Waals surface area contributed by atoms with Crippen molar-refractivity contribution < 1.29 is 4.79 Å². The maximum absolute atomic E-state index is 13.1. The first-order chi connectivity index (χ1) is 12.7. The highest BCUT2D eigenvalue weighted by atomic mass is 16.2. The van der Waals surface area contributed by atoms with Gasteiger partial charge in [0.2, 0.25) is 0 Å². The lowest BCUT2D eigenvalue weighted by Crippen LogP contribution is -2.32. The number of hydrogen-bond donors (Lipinski definition) is 0. The van der Waals surface area contributed by atoms with Crippen LogP contribution in [0.4, 0.5) is 0 Å². The largest absolute Gasteiger partial charge is 0.353 e. The van der Waals surface area contributed by atoms with E-state index >= 15 is 0 Å². The molecule has 3 heteroatoms. The fraction of sp³-hybridized carbons (Fsp3) is 0.261. The van der Waals surface area contributed by atoms with Crippen LogP contribution in [0, 0.1) is 0 Å². The van der Waals surface area contributed by atoms with Crippen molar-refractivity contribution in [3.05, 3.63) is 84.2 Å². The lowest BCUT2D eigenvalue weighted by atomic mass is 10.0. The summed E-state index contributed by atoms with van der Waals surface area (Å²) < 4.78 is 2.07. The number of carbonyl (C=O) groups excluding carboxylic acids is 1. The number of aromatic nitrogens is 1. The second kappa shape index (κ2) is 8.52. The summed E-state index contributed by atoms with van der Waals surface area (Å²) in [5.74, 6) is 0.0965. The molecule has 0 aliphatic rings. The number of hydrogen-bond acceptors (Lipinski definition) is 1. The molecule has 0 bridgehead atoms. The number of amides is 1. The Morgan fingerprint density at radius 1 is 0.923 bits per heavy atom. The van der Waals surface area contributed by atoms with Gasteiger partial charge in [0.25, 0.3) is 5.91 Å². The van der Waals surface area contributed by atoms with Gasteiger partial charge < -0.3 is 9.47 Å². The minimum atomic E-state index is 0.0965. The predicted molar refractivity (Wildman–Crippen MR) is 107 cm³/mol. The molecule has 0 aliphatic carbocycles. The molecular formula is C23H26N2O. The minimum Gasteiger partial charge on any atom is -0.353 e. The number of nitrogens with zero attached hydrogens (tertiary/aromatic N) is 2. The van der Waals surface area contributed by atoms with Gasteiger partial charge in [0.05, 0.1) is 6.54 Å². The lowest BCUT2D eigenvalue weighted by Gasteiger charge is -2.23. The molecule has 1 aromatic heterocycles. The van der Waals surface area contributed by atoms with E-state index in [1.165, 1.54) is 0 Å². The van der Waals surface area contributed by atoms with Crippen molar-refractivity contribution in [2.75, 3.05) is 6.54 Å². The smallest absolute Gasteiger partial charge is 0.254 e. The van der Waals surface area contributed by atoms with Crippen LogP contribution in [0.1, 0.15) is 35.8 Å². The van der Waals surface area contributed by atoms with E-state index in [1.54, 1.807) is 0 Å². The van der Waals surface area contributed by atoms with Gasteiger partial charge in [0.1, 0.15) is 0 Å². The molecule has 0 atom stereocenters. The monoisotopic (exact) mass is 346 g/mol. The first-order valence-corrected chi connectivity index (χ1v) is 9.24. The zero-order chi connectivity index (χ0) is 18.4. The third-order valence-electron chi connectivity index (χ3n) is 4.71. The van der Waals surface area contributed by atoms with Crippen LogP contribution in [0.2, 0.25) is 0 Å². The van der Waals surface area contributed by atoms with Crippen molar-refractivity contribution in [2.45, 2.75) is 26.3 Å². The highest BCUT2D eigenvalue weighted by Crippen LogP contribution is 2.20. The molecule has 1 amide bonds. The number of unbranched alkanes of at least 4 members (excludes halogenated alkanes) is 1. The minimum absolute atomic E-state index is 0.0965. The van der Waals surface area contributed by atoms with Crippen LogP contribution in [0.15, 0.2) is 72.9 Å². The zero-order valence-corrected chi connectivity index (χ0v) is 15.6. The summed E-state index contributed by atoms with van der Waals surface area (Å²) in [7, 11) is 2.02. The molecule has 0 aliphatic heterocycles. The molecule has 0 spiro atoms. The second-order valence-corrected chi connectivity index (χ2v) is 6.63. The van der Waals surface area contributed by atoms with Gasteiger partial charge in [-0.3, -0.25) is 4.79 Å². The van der Waals surface area contributed by atoms with Crippen LogP contribution in [-0.2, 0) is 13.6 Å². The fourth-order valence-corrected chi connectivity index (χ4v) is 3.08. The van der Waals surface area contributed by atoms with Gasteiger partial charge in [-0.1, -0.05) is 55.8 Å². The molecule has 2 aromatic carbocycles. The average Bonchev–Trinajstić information content (AvgIpc) is 3.10. The van der Waals surface area contributed by atoms with Crippen LogP contribution in [0.5, 0.6) is 0 Å². The summed E-state index contributed by atoms with van der Waals surface area (Å²) in [5, 5.41) is 0. The average molecular weight is 346 g/mol. The fourth-order valence-electron chi connectivity index (χ4n) is 3.08. The van der Waals surface area contributed by atoms with E-state index in [4.69, 9.17) is 0 Å². The Kier molecular flexibility index (Phi) is 5.90. The normalized spacial score (nSPS) is 10.7. The van der Waals surface area contributed by atoms with Crippen LogP contribution >= 0.6 is 0 Å². The van der Waals surface area contributed by atoms with E-state index in [2.05, 4.69) is 29.7 Å². The van der Waals surface area contributed by atoms with Crippen molar-refractivity contribution in [1.82, 2.24) is 9.47 Å². The molecule has 0 fully saturated rings. The van der Waals surface area contributed by atoms with E-state index in [0.29, 0.717) is 6.54 Å². The van der Waals surface area contributed by atoms with Gasteiger partial charge in [-0.15, -0.1) is 0 Å². The Balaban J connectivity index is 1.78. The van der Waals surface area contributed by atoms with E-state index in [1.807, 2.05) is 66.7 Å². The molecule has 3 rings (SSSR count). The third-order valence-corrected chi connectivity index (χ3v) is 4.71. The Hall–Kier alpha value is -2.81. The molecule has 26 heavy (non-hydrogen) atoms. The number of aryl methyl sites for hydroxylation is 1. The molecule has 1 heterocycles. The summed E-state index contributed by atoms with van der Waals surface area (Å²) in [6.07, 6.45) is 4.11. The Bertz CT molecular complexity index is 834. The zero-order valence-electron chi connectivity index (χ0n) is 15.6. The summed E-state index contributed by atoms with van der Waals surface area (Å²) in [6.45, 7) is 3.57. The van der Waals surface area contributed by atoms with Gasteiger partial charge in [0.15, 0.2) is 0 Å². The van der Waals surface area contributed by atoms with E-state index in [-0.39, 0.29) is 5.91 Å². The van der Waals surface area contributed by atoms with E-state index in [9.17, 15) is 4.79 Å². The maximum atomic E-state index is 13.1. The number of benzene rings is 2. The van der Waals surface area contributed by atoms with Crippen molar-refractivity contribution in [3.63, 3.8) is 0 Å². The summed E-state index contributed by atoms with van der Waals surface area (Å²) >= 11 is 0. The molecule has 0 unspecified atom stereocenters. The summed E-state index contributed by atoms with van der Waals surface area (Å²) in [4.78, 5) is 15.0. The van der Waals surface area contributed by atoms with E-state index < -0.39 is 0 Å². The Morgan fingerprint density at radius 3 is 2.23 bits per heavy atom. The second-order valence-electron chi connectivity index (χ2n) is 6.63. The van der Waals surface area contributed by atoms with Crippen LogP contribution in [0.3, 0.4) is 0 Å². The highest BCUT2D eigenvalue weighted by molar-refractivity contribution is 5.94. The molecule has 0 N–H and O–H groups in total. The van der Waals surface area contributed by atoms with Crippen molar-refractivity contribution >= 4 is 5.91 Å². The molecule has 3 nitrogen and oxygen atoms in total. The molecule has 0 saturated carbocycles. The number of rotatable bonds is 7. The molecular weight excluding hydrogens is 320 g/mol. The topological polar surface area (TPSA) is 25.2 Å². The molecule has 0 radical (unpaired) electrons. The van der Waals surface area contributed by atoms with Crippen molar-refractivity contribution in [1.29, 1.82) is 0 Å². The van der Waals surface area contributed by atoms with Crippen LogP contribution in [0.25, 0.3) is 11.1 Å². The van der Waals surface area contributed by atoms with Gasteiger partial charge in [0, 0.05) is 31.0 Å². The quantitative estimate of drug-likeness (QED) is 0.582. The first-order valence-electron chi connectivity index (χ1n) is 9.24. The van der Waals surface area contributed by atoms with Crippen molar-refractivity contribution in [2.24, 2.45) is 7.05 Å². The SMILES string of the molecule is CCCCN(Cc1cccn1C)C(=O)c1ccc(-c2ccccc2)cc1. The van der Waals surface area contributed by atoms with Gasteiger partial charge >= 0.3 is 0 Å². The van der Waals surface area contributed by atoms with Crippen LogP contribution < -0.4 is 0 Å². The Labute approximate surface area is 155 Å². The van der Waals surface area contributed by atoms with Crippen molar-refractivity contribution in [3.8, 4) is 11.1 Å². The predicted octanol–water partition coefficient (Wildman–Crippen LogP) is 5.13. The molecule has 134 valence electrons. The maximum Gasteiger partial charge on any atom is 0.254 e. The standard InChI is InChI=1S/C23H26N2O/c1-3-4-17-25(18-22-11-8-16-24(22)2)23(26)21-14-12-20(13-15-21)19-9-6-5-7-10-19/h5-16H,3-4,17-18H2,1-2H3. The molecule has 3 aromatic rings. The van der Waals surface area contributed by atoms with Gasteiger partial charge in [-0.05, 0) is 41.8 Å². The van der Waals surface area contributed by atoms with Gasteiger partial charge in [-0.25, -0.2) is 0 Å². The lowest BCUT2D eigenvalue weighted by molar-refractivity contribution is 0.0737. The van der Waals surface area contributed by atoms with E-state index in [0.717, 1.165) is 41.8 Å². The van der Waals surface area contributed by atoms with Gasteiger partial charge in [-0.2, -0.15) is 0 Å². The molecule has 0 saturated heterocycles. The summed E-state index contributed by atoms with van der Waals surface area (Å²) in [5.41, 5.74) is 4.19. The highest BCUT2D eigenvalue weighted by Gasteiger charge is 2.17. The summed E-state index contributed by atoms with van der Waals surface area (Å²) in [6, 6.07) is 22.3. The Morgan fingerprint density at radius 2 is 1.62 bits per heavy atom. The van der Waals surface area contributed by atoms with Crippen LogP contribution in [-0.4, -0.2) is 21.9 Å². The third kappa shape index (κ3) is 4.23. The first kappa shape index (κ1) is 18.0.